The average Bonchev–Trinajstić information content (AvgIpc) is 2.54. The second-order valence-electron chi connectivity index (χ2n) is 7.38. The summed E-state index contributed by atoms with van der Waals surface area (Å²) in [5, 5.41) is 10.1. The van der Waals surface area contributed by atoms with Crippen LogP contribution in [0.2, 0.25) is 0 Å². The van der Waals surface area contributed by atoms with E-state index in [4.69, 9.17) is 0 Å². The summed E-state index contributed by atoms with van der Waals surface area (Å²) in [6.07, 6.45) is 7.69. The van der Waals surface area contributed by atoms with Crippen LogP contribution in [0.15, 0.2) is 30.3 Å². The predicted molar refractivity (Wildman–Crippen MR) is 84.2 cm³/mol. The van der Waals surface area contributed by atoms with Gasteiger partial charge in [-0.25, -0.2) is 0 Å². The summed E-state index contributed by atoms with van der Waals surface area (Å²) in [5.41, 5.74) is 1.03. The molecular weight excluding hydrogens is 260 g/mol. The van der Waals surface area contributed by atoms with Gasteiger partial charge in [0.1, 0.15) is 0 Å². The molecule has 1 aromatic rings. The summed E-state index contributed by atoms with van der Waals surface area (Å²) in [7, 11) is 0. The third-order valence-electron chi connectivity index (χ3n) is 6.33. The van der Waals surface area contributed by atoms with E-state index in [9.17, 15) is 9.90 Å². The Kier molecular flexibility index (Phi) is 3.92. The van der Waals surface area contributed by atoms with Crippen molar-refractivity contribution in [2.45, 2.75) is 51.9 Å². The van der Waals surface area contributed by atoms with E-state index in [1.807, 2.05) is 30.3 Å². The van der Waals surface area contributed by atoms with Gasteiger partial charge >= 0.3 is 0 Å². The van der Waals surface area contributed by atoms with Gasteiger partial charge in [0.05, 0.1) is 0 Å². The maximum Gasteiger partial charge on any atom is 0.165 e. The molecule has 3 rings (SSSR count). The molecule has 0 saturated heterocycles. The van der Waals surface area contributed by atoms with Crippen LogP contribution in [0.4, 0.5) is 0 Å². The molecule has 0 aromatic heterocycles. The topological polar surface area (TPSA) is 37.3 Å². The number of ketones is 1. The minimum atomic E-state index is -0.0292. The average molecular weight is 286 g/mol. The fourth-order valence-corrected chi connectivity index (χ4v) is 4.75. The van der Waals surface area contributed by atoms with Gasteiger partial charge in [-0.05, 0) is 42.9 Å². The molecule has 0 bridgehead atoms. The zero-order valence-electron chi connectivity index (χ0n) is 13.0. The smallest absolute Gasteiger partial charge is 0.165 e. The van der Waals surface area contributed by atoms with E-state index in [1.54, 1.807) is 0 Å². The maximum atomic E-state index is 12.8. The van der Waals surface area contributed by atoms with Crippen LogP contribution >= 0.6 is 0 Å². The highest BCUT2D eigenvalue weighted by molar-refractivity contribution is 5.97. The van der Waals surface area contributed by atoms with Crippen molar-refractivity contribution in [1.29, 1.82) is 0 Å². The number of Topliss-reactive ketones (excluding diaryl/α,β-unsaturated/α-hetero) is 1. The first-order valence-electron chi connectivity index (χ1n) is 8.30. The van der Waals surface area contributed by atoms with Gasteiger partial charge in [-0.3, -0.25) is 4.79 Å². The second-order valence-corrected chi connectivity index (χ2v) is 7.38. The monoisotopic (exact) mass is 286 g/mol. The van der Waals surface area contributed by atoms with E-state index in [-0.39, 0.29) is 29.1 Å². The molecule has 2 fully saturated rings. The molecule has 114 valence electrons. The molecule has 21 heavy (non-hydrogen) atoms. The van der Waals surface area contributed by atoms with Crippen molar-refractivity contribution in [3.8, 4) is 0 Å². The number of hydrogen-bond donors (Lipinski definition) is 1. The molecule has 0 aliphatic heterocycles. The second kappa shape index (κ2) is 5.57. The summed E-state index contributed by atoms with van der Waals surface area (Å²) in [6, 6.07) is 9.65. The minimum absolute atomic E-state index is 0.0292. The Labute approximate surface area is 127 Å². The lowest BCUT2D eigenvalue weighted by atomic mass is 9.49. The van der Waals surface area contributed by atoms with Crippen LogP contribution in [0.3, 0.4) is 0 Å². The highest BCUT2D eigenvalue weighted by Gasteiger charge is 2.53. The molecule has 0 heterocycles. The maximum absolute atomic E-state index is 12.8. The van der Waals surface area contributed by atoms with Gasteiger partial charge < -0.3 is 5.11 Å². The highest BCUT2D eigenvalue weighted by atomic mass is 16.3. The van der Waals surface area contributed by atoms with Crippen molar-refractivity contribution >= 4 is 5.78 Å². The van der Waals surface area contributed by atoms with Gasteiger partial charge in [0.15, 0.2) is 5.78 Å². The lowest BCUT2D eigenvalue weighted by molar-refractivity contribution is -0.0900. The molecule has 0 unspecified atom stereocenters. The third-order valence-corrected chi connectivity index (χ3v) is 6.33. The number of benzene rings is 1. The van der Waals surface area contributed by atoms with Crippen LogP contribution in [-0.4, -0.2) is 17.5 Å². The van der Waals surface area contributed by atoms with Gasteiger partial charge in [0.25, 0.3) is 0 Å². The van der Waals surface area contributed by atoms with Crippen molar-refractivity contribution in [3.05, 3.63) is 35.9 Å². The Balaban J connectivity index is 1.83. The molecule has 2 aliphatic carbocycles. The fraction of sp³-hybridized carbons (Fsp3) is 0.632. The van der Waals surface area contributed by atoms with Crippen LogP contribution in [0.5, 0.6) is 0 Å². The third kappa shape index (κ3) is 2.44. The van der Waals surface area contributed by atoms with Gasteiger partial charge in [0.2, 0.25) is 0 Å². The van der Waals surface area contributed by atoms with Gasteiger partial charge in [0, 0.05) is 18.1 Å². The van der Waals surface area contributed by atoms with Crippen LogP contribution in [0.1, 0.15) is 62.2 Å². The normalized spacial score (nSPS) is 36.0. The molecule has 3 atom stereocenters. The van der Waals surface area contributed by atoms with E-state index in [2.05, 4.69) is 6.92 Å². The SMILES string of the molecule is C[C@]12CCCC[C@]1(CO)C[C@H](C(=O)c1ccccc1)CC2. The lowest BCUT2D eigenvalue weighted by Crippen LogP contribution is -2.50. The van der Waals surface area contributed by atoms with E-state index in [0.717, 1.165) is 31.2 Å². The zero-order chi connectivity index (χ0) is 14.9. The molecule has 2 heteroatoms. The Morgan fingerprint density at radius 2 is 1.90 bits per heavy atom. The Morgan fingerprint density at radius 3 is 2.62 bits per heavy atom. The summed E-state index contributed by atoms with van der Waals surface area (Å²) >= 11 is 0. The number of hydrogen-bond acceptors (Lipinski definition) is 2. The molecule has 0 amide bonds. The van der Waals surface area contributed by atoms with Gasteiger partial charge in [-0.15, -0.1) is 0 Å². The Morgan fingerprint density at radius 1 is 1.19 bits per heavy atom. The van der Waals surface area contributed by atoms with E-state index >= 15 is 0 Å². The zero-order valence-corrected chi connectivity index (χ0v) is 13.0. The van der Waals surface area contributed by atoms with Crippen LogP contribution in [0, 0.1) is 16.7 Å². The largest absolute Gasteiger partial charge is 0.396 e. The van der Waals surface area contributed by atoms with Crippen molar-refractivity contribution < 1.29 is 9.90 Å². The predicted octanol–water partition coefficient (Wildman–Crippen LogP) is 4.23. The van der Waals surface area contributed by atoms with Crippen molar-refractivity contribution in [1.82, 2.24) is 0 Å². The number of fused-ring (bicyclic) bond motifs is 1. The van der Waals surface area contributed by atoms with Gasteiger partial charge in [-0.1, -0.05) is 50.1 Å². The summed E-state index contributed by atoms with van der Waals surface area (Å²) in [5.74, 6) is 0.363. The number of aliphatic hydroxyl groups excluding tert-OH is 1. The summed E-state index contributed by atoms with van der Waals surface area (Å²) < 4.78 is 0. The molecule has 2 aliphatic rings. The fourth-order valence-electron chi connectivity index (χ4n) is 4.75. The van der Waals surface area contributed by atoms with Crippen molar-refractivity contribution in [3.63, 3.8) is 0 Å². The first-order chi connectivity index (χ1) is 10.1. The summed E-state index contributed by atoms with van der Waals surface area (Å²) in [4.78, 5) is 12.8. The number of rotatable bonds is 3. The summed E-state index contributed by atoms with van der Waals surface area (Å²) in [6.45, 7) is 2.58. The standard InChI is InChI=1S/C19H26O2/c1-18-10-5-6-11-19(18,14-20)13-16(9-12-18)17(21)15-7-3-2-4-8-15/h2-4,7-8,16,20H,5-6,9-14H2,1H3/t16-,18-,19-/m1/s1. The van der Waals surface area contributed by atoms with Crippen LogP contribution in [-0.2, 0) is 0 Å². The Bertz CT molecular complexity index is 510. The van der Waals surface area contributed by atoms with Gasteiger partial charge in [-0.2, -0.15) is 0 Å². The number of carbonyl (C=O) groups excluding carboxylic acids is 1. The van der Waals surface area contributed by atoms with E-state index in [0.29, 0.717) is 0 Å². The van der Waals surface area contributed by atoms with Crippen molar-refractivity contribution in [2.24, 2.45) is 16.7 Å². The number of aliphatic hydroxyl groups is 1. The van der Waals surface area contributed by atoms with Crippen molar-refractivity contribution in [2.75, 3.05) is 6.61 Å². The first-order valence-corrected chi connectivity index (χ1v) is 8.30. The molecule has 0 radical (unpaired) electrons. The lowest BCUT2D eigenvalue weighted by Gasteiger charge is -2.56. The van der Waals surface area contributed by atoms with E-state index in [1.165, 1.54) is 19.3 Å². The quantitative estimate of drug-likeness (QED) is 0.844. The molecule has 1 aromatic carbocycles. The van der Waals surface area contributed by atoms with Crippen LogP contribution in [0.25, 0.3) is 0 Å². The Hall–Kier alpha value is -1.15. The molecule has 2 nitrogen and oxygen atoms in total. The highest BCUT2D eigenvalue weighted by Crippen LogP contribution is 2.60. The molecular formula is C19H26O2. The van der Waals surface area contributed by atoms with Crippen LogP contribution < -0.4 is 0 Å². The number of carbonyl (C=O) groups is 1. The minimum Gasteiger partial charge on any atom is -0.396 e. The molecule has 2 saturated carbocycles. The molecule has 1 N–H and O–H groups in total. The molecule has 0 spiro atoms. The first kappa shape index (κ1) is 14.8. The van der Waals surface area contributed by atoms with E-state index < -0.39 is 0 Å².